The average Bonchev–Trinajstić information content (AvgIpc) is 3.14. The van der Waals surface area contributed by atoms with Gasteiger partial charge in [-0.2, -0.15) is 0 Å². The van der Waals surface area contributed by atoms with Gasteiger partial charge in [0.05, 0.1) is 5.69 Å². The third-order valence-electron chi connectivity index (χ3n) is 4.87. The molecule has 0 aromatic carbocycles. The number of H-pyrrole nitrogens is 2. The van der Waals surface area contributed by atoms with Crippen molar-refractivity contribution >= 4 is 16.8 Å². The molecule has 0 aliphatic carbocycles. The molecule has 0 saturated heterocycles. The van der Waals surface area contributed by atoms with Crippen LogP contribution in [0, 0.1) is 20.8 Å². The molecule has 1 amide bonds. The maximum atomic E-state index is 13.0. The summed E-state index contributed by atoms with van der Waals surface area (Å²) >= 11 is 0. The fourth-order valence-electron chi connectivity index (χ4n) is 3.44. The van der Waals surface area contributed by atoms with E-state index in [0.717, 1.165) is 33.4 Å². The molecule has 146 valence electrons. The molecule has 4 heterocycles. The number of fused-ring (bicyclic) bond motifs is 1. The Morgan fingerprint density at radius 3 is 2.72 bits per heavy atom. The van der Waals surface area contributed by atoms with Crippen LogP contribution in [0.4, 0.5) is 0 Å². The van der Waals surface area contributed by atoms with Crippen LogP contribution in [0.3, 0.4) is 0 Å². The number of rotatable bonds is 4. The highest BCUT2D eigenvalue weighted by molar-refractivity contribution is 6.05. The first-order valence-electron chi connectivity index (χ1n) is 9.31. The van der Waals surface area contributed by atoms with Gasteiger partial charge >= 0.3 is 0 Å². The van der Waals surface area contributed by atoms with E-state index in [0.29, 0.717) is 17.0 Å². The zero-order valence-electron chi connectivity index (χ0n) is 16.5. The molecule has 0 aliphatic rings. The number of aryl methyl sites for hydroxylation is 3. The van der Waals surface area contributed by atoms with E-state index in [9.17, 15) is 9.59 Å². The van der Waals surface area contributed by atoms with Gasteiger partial charge in [-0.15, -0.1) is 0 Å². The number of carbonyl (C=O) groups is 1. The molecule has 4 aromatic heterocycles. The van der Waals surface area contributed by atoms with Crippen molar-refractivity contribution in [2.24, 2.45) is 0 Å². The second kappa shape index (κ2) is 7.35. The Bertz CT molecular complexity index is 1290. The van der Waals surface area contributed by atoms with Crippen LogP contribution in [0.25, 0.3) is 22.2 Å². The summed E-state index contributed by atoms with van der Waals surface area (Å²) in [5, 5.41) is 3.57. The van der Waals surface area contributed by atoms with Crippen LogP contribution in [0.1, 0.15) is 33.0 Å². The molecule has 0 radical (unpaired) electrons. The van der Waals surface area contributed by atoms with Crippen molar-refractivity contribution in [3.05, 3.63) is 81.3 Å². The fraction of sp³-hybridized carbons (Fsp3) is 0.182. The maximum Gasteiger partial charge on any atom is 0.270 e. The van der Waals surface area contributed by atoms with Crippen molar-refractivity contribution in [2.45, 2.75) is 27.3 Å². The largest absolute Gasteiger partial charge is 0.361 e. The van der Waals surface area contributed by atoms with Crippen LogP contribution in [-0.2, 0) is 6.54 Å². The van der Waals surface area contributed by atoms with Crippen LogP contribution in [0.15, 0.2) is 47.5 Å². The minimum Gasteiger partial charge on any atom is -0.361 e. The van der Waals surface area contributed by atoms with Gasteiger partial charge in [0.15, 0.2) is 0 Å². The lowest BCUT2D eigenvalue weighted by Crippen LogP contribution is -2.28. The summed E-state index contributed by atoms with van der Waals surface area (Å²) in [6.45, 7) is 5.73. The molecular weight excluding hydrogens is 366 g/mol. The second-order valence-electron chi connectivity index (χ2n) is 7.11. The smallest absolute Gasteiger partial charge is 0.270 e. The topological polar surface area (TPSA) is 104 Å². The number of pyridine rings is 3. The number of nitrogens with one attached hydrogen (secondary N) is 3. The van der Waals surface area contributed by atoms with E-state index in [-0.39, 0.29) is 18.0 Å². The van der Waals surface area contributed by atoms with Crippen LogP contribution in [0.5, 0.6) is 0 Å². The first-order chi connectivity index (χ1) is 13.9. The molecule has 4 aromatic rings. The molecule has 0 atom stereocenters. The van der Waals surface area contributed by atoms with E-state index < -0.39 is 0 Å². The van der Waals surface area contributed by atoms with Crippen molar-refractivity contribution in [2.75, 3.05) is 0 Å². The zero-order valence-corrected chi connectivity index (χ0v) is 16.5. The molecule has 7 nitrogen and oxygen atoms in total. The number of carbonyl (C=O) groups excluding carboxylic acids is 1. The van der Waals surface area contributed by atoms with E-state index in [4.69, 9.17) is 0 Å². The van der Waals surface area contributed by atoms with E-state index in [1.807, 2.05) is 51.1 Å². The quantitative estimate of drug-likeness (QED) is 0.500. The van der Waals surface area contributed by atoms with E-state index >= 15 is 0 Å². The normalized spacial score (nSPS) is 11.0. The molecule has 4 rings (SSSR count). The van der Waals surface area contributed by atoms with Crippen molar-refractivity contribution in [1.29, 1.82) is 0 Å². The molecule has 0 saturated carbocycles. The summed E-state index contributed by atoms with van der Waals surface area (Å²) in [6, 6.07) is 9.41. The predicted molar refractivity (Wildman–Crippen MR) is 112 cm³/mol. The van der Waals surface area contributed by atoms with Gasteiger partial charge in [-0.25, -0.2) is 4.98 Å². The Morgan fingerprint density at radius 2 is 1.97 bits per heavy atom. The summed E-state index contributed by atoms with van der Waals surface area (Å²) in [4.78, 5) is 39.9. The highest BCUT2D eigenvalue weighted by atomic mass is 16.2. The van der Waals surface area contributed by atoms with Gasteiger partial charge in [-0.1, -0.05) is 0 Å². The standard InChI is InChI=1S/C22H21N5O2/c1-12-8-14(3)26-21(28)17(12)11-25-22(29)20-16-5-7-24-19(16)10-18(27-20)15-4-6-23-13(2)9-15/h4-10,24H,11H2,1-3H3,(H,25,29)(H,26,28). The average molecular weight is 387 g/mol. The summed E-state index contributed by atoms with van der Waals surface area (Å²) in [6.07, 6.45) is 3.50. The molecule has 0 bridgehead atoms. The molecule has 7 heteroatoms. The lowest BCUT2D eigenvalue weighted by atomic mass is 10.1. The monoisotopic (exact) mass is 387 g/mol. The van der Waals surface area contributed by atoms with Gasteiger partial charge < -0.3 is 15.3 Å². The van der Waals surface area contributed by atoms with Gasteiger partial charge in [-0.05, 0) is 56.7 Å². The van der Waals surface area contributed by atoms with Gasteiger partial charge in [0.1, 0.15) is 5.69 Å². The predicted octanol–water partition coefficient (Wildman–Crippen LogP) is 3.17. The Labute approximate surface area is 167 Å². The van der Waals surface area contributed by atoms with Crippen molar-refractivity contribution in [3.8, 4) is 11.3 Å². The lowest BCUT2D eigenvalue weighted by molar-refractivity contribution is 0.0947. The van der Waals surface area contributed by atoms with Gasteiger partial charge in [0.25, 0.3) is 11.5 Å². The number of aromatic amines is 2. The fourth-order valence-corrected chi connectivity index (χ4v) is 3.44. The van der Waals surface area contributed by atoms with Crippen LogP contribution in [0.2, 0.25) is 0 Å². The van der Waals surface area contributed by atoms with Crippen molar-refractivity contribution in [1.82, 2.24) is 25.3 Å². The first-order valence-corrected chi connectivity index (χ1v) is 9.31. The molecule has 3 N–H and O–H groups in total. The van der Waals surface area contributed by atoms with Crippen molar-refractivity contribution in [3.63, 3.8) is 0 Å². The van der Waals surface area contributed by atoms with Crippen LogP contribution < -0.4 is 10.9 Å². The van der Waals surface area contributed by atoms with Crippen molar-refractivity contribution < 1.29 is 4.79 Å². The third-order valence-corrected chi connectivity index (χ3v) is 4.87. The lowest BCUT2D eigenvalue weighted by Gasteiger charge is -2.10. The molecule has 0 spiro atoms. The highest BCUT2D eigenvalue weighted by Gasteiger charge is 2.16. The van der Waals surface area contributed by atoms with Crippen LogP contribution >= 0.6 is 0 Å². The Kier molecular flexibility index (Phi) is 4.72. The van der Waals surface area contributed by atoms with E-state index in [1.165, 1.54) is 0 Å². The third kappa shape index (κ3) is 3.67. The number of hydrogen-bond donors (Lipinski definition) is 3. The summed E-state index contributed by atoms with van der Waals surface area (Å²) in [5.41, 5.74) is 5.54. The number of nitrogens with zero attached hydrogens (tertiary/aromatic N) is 2. The number of aromatic nitrogens is 4. The van der Waals surface area contributed by atoms with E-state index in [2.05, 4.69) is 25.3 Å². The number of amides is 1. The molecule has 0 fully saturated rings. The molecular formula is C22H21N5O2. The molecule has 29 heavy (non-hydrogen) atoms. The molecule has 0 aliphatic heterocycles. The number of hydrogen-bond acceptors (Lipinski definition) is 4. The summed E-state index contributed by atoms with van der Waals surface area (Å²) < 4.78 is 0. The van der Waals surface area contributed by atoms with Gasteiger partial charge in [0.2, 0.25) is 0 Å². The summed E-state index contributed by atoms with van der Waals surface area (Å²) in [5.74, 6) is -0.332. The first kappa shape index (κ1) is 18.6. The van der Waals surface area contributed by atoms with Gasteiger partial charge in [0, 0.05) is 52.4 Å². The Morgan fingerprint density at radius 1 is 1.14 bits per heavy atom. The minimum absolute atomic E-state index is 0.131. The Hall–Kier alpha value is -3.74. The second-order valence-corrected chi connectivity index (χ2v) is 7.11. The van der Waals surface area contributed by atoms with Gasteiger partial charge in [-0.3, -0.25) is 14.6 Å². The SMILES string of the molecule is Cc1cc(-c2cc3[nH]ccc3c(C(=O)NCc3c(C)cc(C)[nH]c3=O)n2)ccn1. The summed E-state index contributed by atoms with van der Waals surface area (Å²) in [7, 11) is 0. The molecule has 0 unspecified atom stereocenters. The zero-order chi connectivity index (χ0) is 20.5. The minimum atomic E-state index is -0.332. The Balaban J connectivity index is 1.69. The maximum absolute atomic E-state index is 13.0. The highest BCUT2D eigenvalue weighted by Crippen LogP contribution is 2.24. The van der Waals surface area contributed by atoms with E-state index in [1.54, 1.807) is 12.4 Å². The van der Waals surface area contributed by atoms with Crippen LogP contribution in [-0.4, -0.2) is 25.8 Å².